The Hall–Kier alpha value is -0.120. The van der Waals surface area contributed by atoms with Gasteiger partial charge in [-0.15, -0.1) is 12.4 Å². The molecule has 0 amide bonds. The third-order valence-corrected chi connectivity index (χ3v) is 2.91. The van der Waals surface area contributed by atoms with Crippen molar-refractivity contribution in [2.24, 2.45) is 5.73 Å². The van der Waals surface area contributed by atoms with Gasteiger partial charge >= 0.3 is 0 Å². The fraction of sp³-hybridized carbons (Fsp3) is 0.444. The van der Waals surface area contributed by atoms with Crippen LogP contribution in [0.15, 0.2) is 22.8 Å². The largest absolute Gasteiger partial charge is 0.320 e. The first-order valence-electron chi connectivity index (χ1n) is 4.13. The number of halogens is 2. The molecule has 2 rings (SSSR count). The Labute approximate surface area is 92.5 Å². The maximum Gasteiger partial charge on any atom is 0.106 e. The number of aromatic nitrogens is 1. The molecule has 72 valence electrons. The lowest BCUT2D eigenvalue weighted by Gasteiger charge is -2.37. The van der Waals surface area contributed by atoms with Crippen molar-refractivity contribution in [2.75, 3.05) is 0 Å². The molecule has 0 atom stereocenters. The van der Waals surface area contributed by atoms with Crippen molar-refractivity contribution in [3.05, 3.63) is 28.5 Å². The summed E-state index contributed by atoms with van der Waals surface area (Å²) in [6.07, 6.45) is 3.36. The van der Waals surface area contributed by atoms with Crippen LogP contribution in [0.2, 0.25) is 0 Å². The summed E-state index contributed by atoms with van der Waals surface area (Å²) in [5.41, 5.74) is 6.99. The number of nitrogens with zero attached hydrogens (tertiary/aromatic N) is 1. The summed E-state index contributed by atoms with van der Waals surface area (Å²) in [7, 11) is 0. The Morgan fingerprint density at radius 1 is 1.38 bits per heavy atom. The fourth-order valence-electron chi connectivity index (χ4n) is 1.50. The highest BCUT2D eigenvalue weighted by Gasteiger charge is 2.35. The number of hydrogen-bond acceptors (Lipinski definition) is 2. The van der Waals surface area contributed by atoms with Gasteiger partial charge in [0.15, 0.2) is 0 Å². The van der Waals surface area contributed by atoms with E-state index in [2.05, 4.69) is 20.9 Å². The van der Waals surface area contributed by atoms with Gasteiger partial charge in [-0.2, -0.15) is 0 Å². The maximum absolute atomic E-state index is 6.11. The number of pyridine rings is 1. The zero-order chi connectivity index (χ0) is 8.60. The molecular weight excluding hydrogens is 251 g/mol. The molecule has 1 fully saturated rings. The smallest absolute Gasteiger partial charge is 0.106 e. The quantitative estimate of drug-likeness (QED) is 0.791. The summed E-state index contributed by atoms with van der Waals surface area (Å²) in [6.45, 7) is 0. The fourth-order valence-corrected chi connectivity index (χ4v) is 1.84. The molecule has 1 aliphatic rings. The van der Waals surface area contributed by atoms with E-state index >= 15 is 0 Å². The van der Waals surface area contributed by atoms with Crippen LogP contribution in [0.1, 0.15) is 25.0 Å². The van der Waals surface area contributed by atoms with Crippen molar-refractivity contribution in [1.82, 2.24) is 4.98 Å². The van der Waals surface area contributed by atoms with E-state index in [0.717, 1.165) is 23.1 Å². The highest BCUT2D eigenvalue weighted by atomic mass is 79.9. The first-order valence-corrected chi connectivity index (χ1v) is 4.92. The molecule has 1 saturated carbocycles. The lowest BCUT2D eigenvalue weighted by atomic mass is 9.75. The molecule has 0 unspecified atom stereocenters. The molecule has 13 heavy (non-hydrogen) atoms. The molecule has 4 heteroatoms. The van der Waals surface area contributed by atoms with Crippen molar-refractivity contribution < 1.29 is 0 Å². The number of rotatable bonds is 1. The molecule has 0 aromatic carbocycles. The second-order valence-corrected chi connectivity index (χ2v) is 4.17. The molecule has 2 N–H and O–H groups in total. The molecule has 0 saturated heterocycles. The van der Waals surface area contributed by atoms with Crippen molar-refractivity contribution >= 4 is 28.3 Å². The van der Waals surface area contributed by atoms with E-state index in [1.165, 1.54) is 6.42 Å². The van der Waals surface area contributed by atoms with Crippen LogP contribution < -0.4 is 5.73 Å². The molecule has 0 aliphatic heterocycles. The molecule has 1 aromatic heterocycles. The molecular formula is C9H12BrClN2. The van der Waals surface area contributed by atoms with Crippen LogP contribution in [0.4, 0.5) is 0 Å². The van der Waals surface area contributed by atoms with Crippen molar-refractivity contribution in [1.29, 1.82) is 0 Å². The van der Waals surface area contributed by atoms with E-state index in [9.17, 15) is 0 Å². The second-order valence-electron chi connectivity index (χ2n) is 3.36. The van der Waals surface area contributed by atoms with Gasteiger partial charge in [-0.05, 0) is 47.3 Å². The van der Waals surface area contributed by atoms with Gasteiger partial charge in [0, 0.05) is 0 Å². The van der Waals surface area contributed by atoms with Crippen LogP contribution in [0.5, 0.6) is 0 Å². The molecule has 0 spiro atoms. The normalized spacial score (nSPS) is 18.6. The first-order chi connectivity index (χ1) is 5.71. The topological polar surface area (TPSA) is 38.9 Å². The minimum atomic E-state index is -0.135. The predicted molar refractivity (Wildman–Crippen MR) is 58.9 cm³/mol. The number of hydrogen-bond donors (Lipinski definition) is 1. The molecule has 2 nitrogen and oxygen atoms in total. The van der Waals surface area contributed by atoms with Gasteiger partial charge in [0.2, 0.25) is 0 Å². The third kappa shape index (κ3) is 2.03. The summed E-state index contributed by atoms with van der Waals surface area (Å²) in [6, 6.07) is 5.91. The monoisotopic (exact) mass is 262 g/mol. The summed E-state index contributed by atoms with van der Waals surface area (Å²) >= 11 is 3.34. The van der Waals surface area contributed by atoms with Gasteiger partial charge in [-0.25, -0.2) is 4.98 Å². The van der Waals surface area contributed by atoms with Crippen molar-refractivity contribution in [3.8, 4) is 0 Å². The standard InChI is InChI=1S/C9H11BrN2.ClH/c10-8-4-1-3-7(12-8)9(11)5-2-6-9;/h1,3-4H,2,5-6,11H2;1H. The average Bonchev–Trinajstić information content (AvgIpc) is 2.00. The van der Waals surface area contributed by atoms with Crippen LogP contribution in [-0.2, 0) is 5.54 Å². The van der Waals surface area contributed by atoms with Gasteiger partial charge in [0.1, 0.15) is 4.60 Å². The highest BCUT2D eigenvalue weighted by molar-refractivity contribution is 9.10. The predicted octanol–water partition coefficient (Wildman–Crippen LogP) is 2.60. The lowest BCUT2D eigenvalue weighted by Crippen LogP contribution is -2.44. The summed E-state index contributed by atoms with van der Waals surface area (Å²) in [4.78, 5) is 4.36. The van der Waals surface area contributed by atoms with E-state index in [1.807, 2.05) is 18.2 Å². The average molecular weight is 264 g/mol. The SMILES string of the molecule is Cl.NC1(c2cccc(Br)n2)CCC1. The zero-order valence-electron chi connectivity index (χ0n) is 7.16. The number of nitrogens with two attached hydrogens (primary N) is 1. The molecule has 0 radical (unpaired) electrons. The Morgan fingerprint density at radius 3 is 2.54 bits per heavy atom. The van der Waals surface area contributed by atoms with E-state index in [1.54, 1.807) is 0 Å². The Bertz CT molecular complexity index is 299. The third-order valence-electron chi connectivity index (χ3n) is 2.47. The minimum Gasteiger partial charge on any atom is -0.320 e. The molecule has 1 heterocycles. The molecule has 1 aromatic rings. The zero-order valence-corrected chi connectivity index (χ0v) is 9.57. The molecule has 0 bridgehead atoms. The maximum atomic E-state index is 6.11. The Morgan fingerprint density at radius 2 is 2.08 bits per heavy atom. The second kappa shape index (κ2) is 3.95. The van der Waals surface area contributed by atoms with Gasteiger partial charge in [0.05, 0.1) is 11.2 Å². The van der Waals surface area contributed by atoms with Crippen molar-refractivity contribution in [3.63, 3.8) is 0 Å². The van der Waals surface area contributed by atoms with Gasteiger partial charge in [-0.1, -0.05) is 6.07 Å². The first kappa shape index (κ1) is 11.0. The highest BCUT2D eigenvalue weighted by Crippen LogP contribution is 2.37. The molecule has 1 aliphatic carbocycles. The van der Waals surface area contributed by atoms with Crippen LogP contribution in [-0.4, -0.2) is 4.98 Å². The minimum absolute atomic E-state index is 0. The van der Waals surface area contributed by atoms with Crippen LogP contribution in [0.25, 0.3) is 0 Å². The van der Waals surface area contributed by atoms with Gasteiger partial charge < -0.3 is 5.73 Å². The van der Waals surface area contributed by atoms with Gasteiger partial charge in [-0.3, -0.25) is 0 Å². The van der Waals surface area contributed by atoms with Crippen LogP contribution in [0.3, 0.4) is 0 Å². The summed E-state index contributed by atoms with van der Waals surface area (Å²) in [5, 5.41) is 0. The Kier molecular flexibility index (Phi) is 3.33. The van der Waals surface area contributed by atoms with E-state index in [4.69, 9.17) is 5.73 Å². The summed E-state index contributed by atoms with van der Waals surface area (Å²) in [5.74, 6) is 0. The van der Waals surface area contributed by atoms with E-state index < -0.39 is 0 Å². The summed E-state index contributed by atoms with van der Waals surface area (Å²) < 4.78 is 0.872. The van der Waals surface area contributed by atoms with Crippen LogP contribution in [0, 0.1) is 0 Å². The van der Waals surface area contributed by atoms with E-state index in [0.29, 0.717) is 0 Å². The van der Waals surface area contributed by atoms with Crippen LogP contribution >= 0.6 is 28.3 Å². The lowest BCUT2D eigenvalue weighted by molar-refractivity contribution is 0.246. The van der Waals surface area contributed by atoms with Gasteiger partial charge in [0.25, 0.3) is 0 Å². The van der Waals surface area contributed by atoms with E-state index in [-0.39, 0.29) is 17.9 Å². The van der Waals surface area contributed by atoms with Crippen molar-refractivity contribution in [2.45, 2.75) is 24.8 Å². The Balaban J connectivity index is 0.000000845.